The first-order valence-corrected chi connectivity index (χ1v) is 4.10. The summed E-state index contributed by atoms with van der Waals surface area (Å²) in [5.74, 6) is 0. The van der Waals surface area contributed by atoms with Crippen LogP contribution in [-0.2, 0) is 0 Å². The highest BCUT2D eigenvalue weighted by Crippen LogP contribution is 1.94. The average Bonchev–Trinajstić information content (AvgIpc) is 1.82. The molecule has 0 saturated heterocycles. The number of nitrogens with one attached hydrogen (secondary N) is 1. The molecule has 0 unspecified atom stereocenters. The summed E-state index contributed by atoms with van der Waals surface area (Å²) in [5.41, 5.74) is 2.55. The Kier molecular flexibility index (Phi) is 4.67. The number of hydrogen-bond acceptors (Lipinski definition) is 1. The van der Waals surface area contributed by atoms with Gasteiger partial charge >= 0.3 is 0 Å². The van der Waals surface area contributed by atoms with E-state index in [0.717, 1.165) is 0 Å². The molecule has 1 heteroatoms. The zero-order valence-electron chi connectivity index (χ0n) is 8.23. The van der Waals surface area contributed by atoms with Gasteiger partial charge in [-0.25, -0.2) is 0 Å². The SMILES string of the molecule is CC(C)=C/C=C(/C)NC(C)C. The van der Waals surface area contributed by atoms with Crippen LogP contribution in [0, 0.1) is 0 Å². The first-order valence-electron chi connectivity index (χ1n) is 4.10. The second kappa shape index (κ2) is 5.00. The molecule has 0 radical (unpaired) electrons. The number of allylic oxidation sites excluding steroid dienone is 4. The maximum absolute atomic E-state index is 3.31. The fourth-order valence-electron chi connectivity index (χ4n) is 0.795. The van der Waals surface area contributed by atoms with E-state index in [-0.39, 0.29) is 0 Å². The molecule has 0 aliphatic heterocycles. The molecule has 0 spiro atoms. The fraction of sp³-hybridized carbons (Fsp3) is 0.600. The molecule has 11 heavy (non-hydrogen) atoms. The minimum atomic E-state index is 0.525. The molecule has 0 saturated carbocycles. The van der Waals surface area contributed by atoms with Crippen molar-refractivity contribution < 1.29 is 0 Å². The van der Waals surface area contributed by atoms with Crippen LogP contribution in [0.1, 0.15) is 34.6 Å². The fourth-order valence-corrected chi connectivity index (χ4v) is 0.795. The number of rotatable bonds is 3. The highest BCUT2D eigenvalue weighted by atomic mass is 14.9. The summed E-state index contributed by atoms with van der Waals surface area (Å²) in [6, 6.07) is 0.525. The minimum absolute atomic E-state index is 0.525. The van der Waals surface area contributed by atoms with Crippen molar-refractivity contribution in [1.29, 1.82) is 0 Å². The summed E-state index contributed by atoms with van der Waals surface area (Å²) in [7, 11) is 0. The molecule has 0 aromatic rings. The van der Waals surface area contributed by atoms with Crippen LogP contribution >= 0.6 is 0 Å². The van der Waals surface area contributed by atoms with E-state index in [9.17, 15) is 0 Å². The van der Waals surface area contributed by atoms with Gasteiger partial charge in [0.1, 0.15) is 0 Å². The highest BCUT2D eigenvalue weighted by Gasteiger charge is 1.89. The van der Waals surface area contributed by atoms with Crippen LogP contribution in [0.4, 0.5) is 0 Å². The molecule has 0 bridgehead atoms. The van der Waals surface area contributed by atoms with Crippen molar-refractivity contribution in [3.63, 3.8) is 0 Å². The molecule has 0 fully saturated rings. The van der Waals surface area contributed by atoms with Gasteiger partial charge in [-0.3, -0.25) is 0 Å². The van der Waals surface area contributed by atoms with Crippen LogP contribution in [0.3, 0.4) is 0 Å². The van der Waals surface area contributed by atoms with E-state index in [0.29, 0.717) is 6.04 Å². The molecule has 0 heterocycles. The summed E-state index contributed by atoms with van der Waals surface area (Å²) in [5, 5.41) is 3.31. The average molecular weight is 153 g/mol. The smallest absolute Gasteiger partial charge is 0.0201 e. The Morgan fingerprint density at radius 3 is 2.00 bits per heavy atom. The predicted octanol–water partition coefficient (Wildman–Crippen LogP) is 2.85. The van der Waals surface area contributed by atoms with Crippen LogP contribution in [-0.4, -0.2) is 6.04 Å². The second-order valence-corrected chi connectivity index (χ2v) is 3.39. The number of hydrogen-bond donors (Lipinski definition) is 1. The van der Waals surface area contributed by atoms with Gasteiger partial charge < -0.3 is 5.32 Å². The van der Waals surface area contributed by atoms with Crippen molar-refractivity contribution in [1.82, 2.24) is 5.32 Å². The van der Waals surface area contributed by atoms with Crippen molar-refractivity contribution in [2.75, 3.05) is 0 Å². The van der Waals surface area contributed by atoms with Crippen LogP contribution in [0.15, 0.2) is 23.4 Å². The van der Waals surface area contributed by atoms with Crippen LogP contribution in [0.2, 0.25) is 0 Å². The van der Waals surface area contributed by atoms with Gasteiger partial charge in [-0.05, 0) is 40.7 Å². The van der Waals surface area contributed by atoms with Gasteiger partial charge in [0.15, 0.2) is 0 Å². The molecule has 0 aliphatic carbocycles. The molecular formula is C10H19N. The predicted molar refractivity (Wildman–Crippen MR) is 51.5 cm³/mol. The van der Waals surface area contributed by atoms with Gasteiger partial charge in [0.05, 0.1) is 0 Å². The van der Waals surface area contributed by atoms with Crippen LogP contribution < -0.4 is 5.32 Å². The van der Waals surface area contributed by atoms with E-state index >= 15 is 0 Å². The summed E-state index contributed by atoms with van der Waals surface area (Å²) >= 11 is 0. The van der Waals surface area contributed by atoms with Crippen molar-refractivity contribution in [3.05, 3.63) is 23.4 Å². The molecule has 64 valence electrons. The van der Waals surface area contributed by atoms with Gasteiger partial charge in [-0.2, -0.15) is 0 Å². The molecular weight excluding hydrogens is 134 g/mol. The molecule has 0 aliphatic rings. The largest absolute Gasteiger partial charge is 0.386 e. The summed E-state index contributed by atoms with van der Waals surface area (Å²) in [6.45, 7) is 10.6. The third-order valence-corrected chi connectivity index (χ3v) is 1.18. The third kappa shape index (κ3) is 7.17. The Balaban J connectivity index is 3.91. The first kappa shape index (κ1) is 10.3. The Hall–Kier alpha value is -0.720. The third-order valence-electron chi connectivity index (χ3n) is 1.18. The topological polar surface area (TPSA) is 12.0 Å². The van der Waals surface area contributed by atoms with E-state index in [1.165, 1.54) is 11.3 Å². The Morgan fingerprint density at radius 1 is 1.09 bits per heavy atom. The molecule has 0 aromatic carbocycles. The summed E-state index contributed by atoms with van der Waals surface area (Å²) in [6.07, 6.45) is 4.22. The monoisotopic (exact) mass is 153 g/mol. The van der Waals surface area contributed by atoms with Crippen LogP contribution in [0.25, 0.3) is 0 Å². The summed E-state index contributed by atoms with van der Waals surface area (Å²) < 4.78 is 0. The van der Waals surface area contributed by atoms with E-state index in [4.69, 9.17) is 0 Å². The molecule has 0 amide bonds. The van der Waals surface area contributed by atoms with E-state index in [1.54, 1.807) is 0 Å². The van der Waals surface area contributed by atoms with Gasteiger partial charge in [-0.1, -0.05) is 11.6 Å². The van der Waals surface area contributed by atoms with Crippen molar-refractivity contribution >= 4 is 0 Å². The lowest BCUT2D eigenvalue weighted by Crippen LogP contribution is -2.19. The van der Waals surface area contributed by atoms with E-state index in [2.05, 4.69) is 52.1 Å². The lowest BCUT2D eigenvalue weighted by molar-refractivity contribution is 0.669. The van der Waals surface area contributed by atoms with Crippen LogP contribution in [0.5, 0.6) is 0 Å². The molecule has 1 N–H and O–H groups in total. The second-order valence-electron chi connectivity index (χ2n) is 3.39. The summed E-state index contributed by atoms with van der Waals surface area (Å²) in [4.78, 5) is 0. The minimum Gasteiger partial charge on any atom is -0.386 e. The van der Waals surface area contributed by atoms with Crippen molar-refractivity contribution in [2.45, 2.75) is 40.7 Å². The zero-order valence-corrected chi connectivity index (χ0v) is 8.23. The lowest BCUT2D eigenvalue weighted by Gasteiger charge is -2.08. The van der Waals surface area contributed by atoms with Crippen molar-refractivity contribution in [3.8, 4) is 0 Å². The van der Waals surface area contributed by atoms with Gasteiger partial charge in [0, 0.05) is 11.7 Å². The Bertz CT molecular complexity index is 160. The maximum atomic E-state index is 3.31. The maximum Gasteiger partial charge on any atom is 0.0201 e. The zero-order chi connectivity index (χ0) is 8.85. The normalized spacial score (nSPS) is 11.6. The molecule has 0 atom stereocenters. The van der Waals surface area contributed by atoms with Gasteiger partial charge in [0.2, 0.25) is 0 Å². The van der Waals surface area contributed by atoms with Gasteiger partial charge in [0.25, 0.3) is 0 Å². The highest BCUT2D eigenvalue weighted by molar-refractivity contribution is 5.13. The van der Waals surface area contributed by atoms with E-state index in [1.807, 2.05) is 0 Å². The van der Waals surface area contributed by atoms with E-state index < -0.39 is 0 Å². The quantitative estimate of drug-likeness (QED) is 0.615. The first-order chi connectivity index (χ1) is 5.02. The standard InChI is InChI=1S/C10H19N/c1-8(2)6-7-10(5)11-9(3)4/h6-7,9,11H,1-5H3/b10-7-. The molecule has 0 aromatic heterocycles. The lowest BCUT2D eigenvalue weighted by atomic mass is 10.3. The van der Waals surface area contributed by atoms with Crippen molar-refractivity contribution in [2.24, 2.45) is 0 Å². The molecule has 0 rings (SSSR count). The Morgan fingerprint density at radius 2 is 1.64 bits per heavy atom. The molecule has 1 nitrogen and oxygen atoms in total. The Labute approximate surface area is 70.2 Å². The van der Waals surface area contributed by atoms with Gasteiger partial charge in [-0.15, -0.1) is 0 Å².